The Morgan fingerprint density at radius 2 is 1.83 bits per heavy atom. The molecule has 1 N–H and O–H groups in total. The van der Waals surface area contributed by atoms with Crippen molar-refractivity contribution >= 4 is 34.2 Å². The van der Waals surface area contributed by atoms with Gasteiger partial charge in [0.1, 0.15) is 17.8 Å². The molecule has 0 aliphatic rings. The lowest BCUT2D eigenvalue weighted by molar-refractivity contribution is -0.116. The van der Waals surface area contributed by atoms with E-state index in [2.05, 4.69) is 20.4 Å². The van der Waals surface area contributed by atoms with Crippen molar-refractivity contribution in [1.29, 1.82) is 0 Å². The summed E-state index contributed by atoms with van der Waals surface area (Å²) >= 11 is 6.28. The van der Waals surface area contributed by atoms with Gasteiger partial charge in [0.05, 0.1) is 16.1 Å². The van der Waals surface area contributed by atoms with Gasteiger partial charge < -0.3 is 14.4 Å². The number of pyridine rings is 2. The van der Waals surface area contributed by atoms with E-state index in [9.17, 15) is 9.59 Å². The number of aryl methyl sites for hydroxylation is 3. The zero-order chi connectivity index (χ0) is 25.4. The number of hydrogen-bond acceptors (Lipinski definition) is 6. The minimum absolute atomic E-state index is 0.0662. The van der Waals surface area contributed by atoms with Crippen molar-refractivity contribution in [2.75, 3.05) is 5.32 Å². The van der Waals surface area contributed by atoms with Crippen LogP contribution in [0.3, 0.4) is 0 Å². The van der Waals surface area contributed by atoms with E-state index in [4.69, 9.17) is 16.1 Å². The molecule has 5 rings (SSSR count). The summed E-state index contributed by atoms with van der Waals surface area (Å²) in [5, 5.41) is 7.68. The van der Waals surface area contributed by atoms with Gasteiger partial charge in [0.15, 0.2) is 0 Å². The first kappa shape index (κ1) is 23.4. The Morgan fingerprint density at radius 1 is 1.03 bits per heavy atom. The Hall–Kier alpha value is -4.30. The Morgan fingerprint density at radius 3 is 2.61 bits per heavy atom. The molecule has 8 nitrogen and oxygen atoms in total. The SMILES string of the molecule is Cc1ccc(NC(=O)Cn2cc(-c3nc(-c4ccccc4C)no3)c(=O)c3ccc(C)nc32)c(Cl)c1. The van der Waals surface area contributed by atoms with E-state index in [-0.39, 0.29) is 29.3 Å². The van der Waals surface area contributed by atoms with E-state index in [1.807, 2.05) is 51.1 Å². The fraction of sp³-hybridized carbons (Fsp3) is 0.148. The fourth-order valence-corrected chi connectivity index (χ4v) is 4.25. The first-order chi connectivity index (χ1) is 17.3. The largest absolute Gasteiger partial charge is 0.333 e. The summed E-state index contributed by atoms with van der Waals surface area (Å²) in [7, 11) is 0. The van der Waals surface area contributed by atoms with Crippen LogP contribution in [-0.4, -0.2) is 25.6 Å². The molecule has 0 saturated heterocycles. The maximum absolute atomic E-state index is 13.4. The second kappa shape index (κ2) is 9.39. The third-order valence-electron chi connectivity index (χ3n) is 5.82. The van der Waals surface area contributed by atoms with Crippen molar-refractivity contribution in [1.82, 2.24) is 19.7 Å². The van der Waals surface area contributed by atoms with Gasteiger partial charge in [-0.25, -0.2) is 4.98 Å². The molecule has 3 heterocycles. The molecular weight excluding hydrogens is 478 g/mol. The average molecular weight is 500 g/mol. The van der Waals surface area contributed by atoms with Gasteiger partial charge in [0.2, 0.25) is 17.2 Å². The topological polar surface area (TPSA) is 103 Å². The van der Waals surface area contributed by atoms with E-state index in [0.717, 1.165) is 16.7 Å². The van der Waals surface area contributed by atoms with E-state index < -0.39 is 0 Å². The first-order valence-corrected chi connectivity index (χ1v) is 11.6. The molecule has 0 bridgehead atoms. The van der Waals surface area contributed by atoms with Gasteiger partial charge in [-0.2, -0.15) is 4.98 Å². The number of aromatic nitrogens is 4. The van der Waals surface area contributed by atoms with Crippen LogP contribution in [0.2, 0.25) is 5.02 Å². The predicted molar refractivity (Wildman–Crippen MR) is 139 cm³/mol. The van der Waals surface area contributed by atoms with E-state index >= 15 is 0 Å². The number of anilines is 1. The minimum Gasteiger partial charge on any atom is -0.333 e. The van der Waals surface area contributed by atoms with Crippen molar-refractivity contribution in [2.24, 2.45) is 0 Å². The van der Waals surface area contributed by atoms with Crippen LogP contribution in [0.5, 0.6) is 0 Å². The van der Waals surface area contributed by atoms with E-state index in [1.54, 1.807) is 28.8 Å². The van der Waals surface area contributed by atoms with Gasteiger partial charge in [-0.1, -0.05) is 47.1 Å². The molecule has 0 aliphatic heterocycles. The lowest BCUT2D eigenvalue weighted by Crippen LogP contribution is -2.22. The van der Waals surface area contributed by atoms with Crippen molar-refractivity contribution in [3.8, 4) is 22.8 Å². The zero-order valence-electron chi connectivity index (χ0n) is 19.9. The number of nitrogens with one attached hydrogen (secondary N) is 1. The molecule has 180 valence electrons. The van der Waals surface area contributed by atoms with Gasteiger partial charge in [-0.15, -0.1) is 0 Å². The molecule has 0 atom stereocenters. The molecule has 9 heteroatoms. The van der Waals surface area contributed by atoms with Crippen LogP contribution < -0.4 is 10.7 Å². The summed E-state index contributed by atoms with van der Waals surface area (Å²) in [5.74, 6) is 0.116. The summed E-state index contributed by atoms with van der Waals surface area (Å²) < 4.78 is 7.09. The number of fused-ring (bicyclic) bond motifs is 1. The molecule has 0 aliphatic carbocycles. The molecule has 2 aromatic carbocycles. The second-order valence-corrected chi connectivity index (χ2v) is 9.00. The highest BCUT2D eigenvalue weighted by atomic mass is 35.5. The van der Waals surface area contributed by atoms with Crippen LogP contribution in [-0.2, 0) is 11.3 Å². The summed E-state index contributed by atoms with van der Waals surface area (Å²) in [6.45, 7) is 5.58. The van der Waals surface area contributed by atoms with Gasteiger partial charge in [-0.3, -0.25) is 9.59 Å². The number of hydrogen-bond donors (Lipinski definition) is 1. The van der Waals surface area contributed by atoms with Crippen LogP contribution in [0, 0.1) is 20.8 Å². The standard InChI is InChI=1S/C27H22ClN5O3/c1-15-8-11-22(21(28)12-15)30-23(34)14-33-13-20(24(35)19-10-9-17(3)29-26(19)33)27-31-25(32-36-27)18-7-5-4-6-16(18)2/h4-13H,14H2,1-3H3,(H,30,34). The molecular formula is C27H22ClN5O3. The molecule has 0 spiro atoms. The maximum atomic E-state index is 13.4. The molecule has 36 heavy (non-hydrogen) atoms. The molecule has 0 unspecified atom stereocenters. The van der Waals surface area contributed by atoms with Crippen molar-refractivity contribution < 1.29 is 9.32 Å². The monoisotopic (exact) mass is 499 g/mol. The molecule has 0 radical (unpaired) electrons. The van der Waals surface area contributed by atoms with Crippen molar-refractivity contribution in [3.63, 3.8) is 0 Å². The number of carbonyl (C=O) groups is 1. The average Bonchev–Trinajstić information content (AvgIpc) is 3.32. The number of rotatable bonds is 5. The van der Waals surface area contributed by atoms with Crippen molar-refractivity contribution in [2.45, 2.75) is 27.3 Å². The molecule has 1 amide bonds. The normalized spacial score (nSPS) is 11.1. The van der Waals surface area contributed by atoms with Gasteiger partial charge in [0.25, 0.3) is 5.89 Å². The molecule has 5 aromatic rings. The smallest absolute Gasteiger partial charge is 0.263 e. The van der Waals surface area contributed by atoms with E-state index in [1.165, 1.54) is 6.20 Å². The number of amides is 1. The summed E-state index contributed by atoms with van der Waals surface area (Å²) in [4.78, 5) is 35.3. The van der Waals surface area contributed by atoms with Gasteiger partial charge in [0, 0.05) is 17.5 Å². The molecule has 3 aromatic heterocycles. The molecule has 0 fully saturated rings. The number of benzene rings is 2. The predicted octanol–water partition coefficient (Wildman–Crippen LogP) is 5.33. The van der Waals surface area contributed by atoms with Crippen LogP contribution in [0.4, 0.5) is 5.69 Å². The Bertz CT molecular complexity index is 1690. The Balaban J connectivity index is 1.56. The van der Waals surface area contributed by atoms with Crippen molar-refractivity contribution in [3.05, 3.63) is 92.9 Å². The highest BCUT2D eigenvalue weighted by Crippen LogP contribution is 2.25. The first-order valence-electron chi connectivity index (χ1n) is 11.3. The molecule has 0 saturated carbocycles. The number of carbonyl (C=O) groups excluding carboxylic acids is 1. The third kappa shape index (κ3) is 4.50. The number of halogens is 1. The summed E-state index contributed by atoms with van der Waals surface area (Å²) in [5.41, 5.74) is 4.24. The minimum atomic E-state index is -0.328. The zero-order valence-corrected chi connectivity index (χ0v) is 20.6. The number of nitrogens with zero attached hydrogens (tertiary/aromatic N) is 4. The lowest BCUT2D eigenvalue weighted by Gasteiger charge is -2.13. The van der Waals surface area contributed by atoms with E-state index in [0.29, 0.717) is 33.3 Å². The van der Waals surface area contributed by atoms with Gasteiger partial charge in [-0.05, 0) is 56.2 Å². The lowest BCUT2D eigenvalue weighted by atomic mass is 10.1. The van der Waals surface area contributed by atoms with Crippen LogP contribution in [0.15, 0.2) is 70.1 Å². The highest BCUT2D eigenvalue weighted by Gasteiger charge is 2.20. The van der Waals surface area contributed by atoms with Crippen LogP contribution >= 0.6 is 11.6 Å². The Kier molecular flexibility index (Phi) is 6.12. The van der Waals surface area contributed by atoms with Crippen LogP contribution in [0.1, 0.15) is 16.8 Å². The fourth-order valence-electron chi connectivity index (χ4n) is 3.96. The van der Waals surface area contributed by atoms with Crippen LogP contribution in [0.25, 0.3) is 33.9 Å². The summed E-state index contributed by atoms with van der Waals surface area (Å²) in [6, 6.07) is 16.5. The highest BCUT2D eigenvalue weighted by molar-refractivity contribution is 6.33. The summed E-state index contributed by atoms with van der Waals surface area (Å²) in [6.07, 6.45) is 1.53. The Labute approximate surface area is 211 Å². The quantitative estimate of drug-likeness (QED) is 0.350. The second-order valence-electron chi connectivity index (χ2n) is 8.59. The van der Waals surface area contributed by atoms with Gasteiger partial charge >= 0.3 is 0 Å². The third-order valence-corrected chi connectivity index (χ3v) is 6.13. The maximum Gasteiger partial charge on any atom is 0.263 e.